The number of hydrogen-bond donors (Lipinski definition) is 2. The first kappa shape index (κ1) is 22.6. The van der Waals surface area contributed by atoms with Crippen LogP contribution in [-0.4, -0.2) is 52.6 Å². The Hall–Kier alpha value is -2.54. The van der Waals surface area contributed by atoms with Crippen LogP contribution in [0, 0.1) is 0 Å². The maximum Gasteiger partial charge on any atom is 0.103 e. The Labute approximate surface area is 189 Å². The summed E-state index contributed by atoms with van der Waals surface area (Å²) in [4.78, 5) is 2.17. The van der Waals surface area contributed by atoms with Gasteiger partial charge in [-0.2, -0.15) is 0 Å². The summed E-state index contributed by atoms with van der Waals surface area (Å²) in [5.74, 6) is 0. The number of rotatable bonds is 10. The summed E-state index contributed by atoms with van der Waals surface area (Å²) in [5.41, 5.74) is 3.30. The molecule has 0 bridgehead atoms. The van der Waals surface area contributed by atoms with Gasteiger partial charge >= 0.3 is 0 Å². The maximum absolute atomic E-state index is 10.7. The van der Waals surface area contributed by atoms with E-state index in [-0.39, 0.29) is 24.9 Å². The summed E-state index contributed by atoms with van der Waals surface area (Å²) in [6.07, 6.45) is -1.52. The van der Waals surface area contributed by atoms with Crippen LogP contribution in [-0.2, 0) is 29.2 Å². The van der Waals surface area contributed by atoms with Crippen LogP contribution < -0.4 is 0 Å². The fourth-order valence-corrected chi connectivity index (χ4v) is 4.34. The van der Waals surface area contributed by atoms with Gasteiger partial charge < -0.3 is 19.7 Å². The zero-order valence-corrected chi connectivity index (χ0v) is 18.2. The normalized spacial score (nSPS) is 22.1. The monoisotopic (exact) mass is 433 g/mol. The summed E-state index contributed by atoms with van der Waals surface area (Å²) in [7, 11) is 0. The molecule has 0 radical (unpaired) electrons. The van der Waals surface area contributed by atoms with Crippen LogP contribution in [0.1, 0.15) is 16.7 Å². The van der Waals surface area contributed by atoms with Crippen molar-refractivity contribution in [2.24, 2.45) is 0 Å². The second kappa shape index (κ2) is 11.4. The highest BCUT2D eigenvalue weighted by molar-refractivity contribution is 5.17. The lowest BCUT2D eigenvalue weighted by molar-refractivity contribution is -0.0936. The first-order chi connectivity index (χ1) is 15.7. The zero-order chi connectivity index (χ0) is 22.2. The van der Waals surface area contributed by atoms with Crippen molar-refractivity contribution in [2.75, 3.05) is 13.2 Å². The van der Waals surface area contributed by atoms with E-state index in [0.717, 1.165) is 16.7 Å². The molecule has 2 N–H and O–H groups in total. The molecule has 1 aliphatic heterocycles. The molecule has 5 heteroatoms. The topological polar surface area (TPSA) is 62.2 Å². The molecule has 1 fully saturated rings. The second-order valence-electron chi connectivity index (χ2n) is 8.25. The van der Waals surface area contributed by atoms with E-state index in [2.05, 4.69) is 17.0 Å². The van der Waals surface area contributed by atoms with Gasteiger partial charge in [0, 0.05) is 13.1 Å². The largest absolute Gasteiger partial charge is 0.394 e. The van der Waals surface area contributed by atoms with Crippen LogP contribution in [0.4, 0.5) is 0 Å². The summed E-state index contributed by atoms with van der Waals surface area (Å²) < 4.78 is 12.7. The zero-order valence-electron chi connectivity index (χ0n) is 18.2. The SMILES string of the molecule is OC[C@H](O)[C@@H]1[C@@H](OCc2ccccc2)[C@H](OCc2ccccc2)CN1Cc1ccccc1. The molecule has 32 heavy (non-hydrogen) atoms. The Kier molecular flexibility index (Phi) is 8.04. The third-order valence-electron chi connectivity index (χ3n) is 5.94. The summed E-state index contributed by atoms with van der Waals surface area (Å²) in [6, 6.07) is 29.8. The lowest BCUT2D eigenvalue weighted by Crippen LogP contribution is -2.48. The van der Waals surface area contributed by atoms with Crippen LogP contribution in [0.15, 0.2) is 91.0 Å². The van der Waals surface area contributed by atoms with Gasteiger partial charge in [-0.1, -0.05) is 91.0 Å². The van der Waals surface area contributed by atoms with Crippen molar-refractivity contribution < 1.29 is 19.7 Å². The Morgan fingerprint density at radius 2 is 1.25 bits per heavy atom. The lowest BCUT2D eigenvalue weighted by Gasteiger charge is -2.31. The molecule has 0 aliphatic carbocycles. The fraction of sp³-hybridized carbons (Fsp3) is 0.333. The van der Waals surface area contributed by atoms with Crippen molar-refractivity contribution in [2.45, 2.75) is 44.1 Å². The fourth-order valence-electron chi connectivity index (χ4n) is 4.34. The van der Waals surface area contributed by atoms with E-state index in [4.69, 9.17) is 9.47 Å². The van der Waals surface area contributed by atoms with E-state index < -0.39 is 6.10 Å². The van der Waals surface area contributed by atoms with Gasteiger partial charge in [0.05, 0.1) is 38.1 Å². The smallest absolute Gasteiger partial charge is 0.103 e. The summed E-state index contributed by atoms with van der Waals surface area (Å²) in [6.45, 7) is 1.83. The van der Waals surface area contributed by atoms with Crippen LogP contribution in [0.25, 0.3) is 0 Å². The van der Waals surface area contributed by atoms with Gasteiger partial charge in [-0.25, -0.2) is 0 Å². The summed E-state index contributed by atoms with van der Waals surface area (Å²) >= 11 is 0. The predicted molar refractivity (Wildman–Crippen MR) is 124 cm³/mol. The number of aliphatic hydroxyl groups excluding tert-OH is 2. The molecule has 0 amide bonds. The first-order valence-electron chi connectivity index (χ1n) is 11.1. The van der Waals surface area contributed by atoms with Gasteiger partial charge in [-0.15, -0.1) is 0 Å². The highest BCUT2D eigenvalue weighted by Crippen LogP contribution is 2.29. The molecule has 4 atom stereocenters. The Morgan fingerprint density at radius 3 is 1.78 bits per heavy atom. The van der Waals surface area contributed by atoms with Crippen LogP contribution in [0.2, 0.25) is 0 Å². The summed E-state index contributed by atoms with van der Waals surface area (Å²) in [5, 5.41) is 20.6. The van der Waals surface area contributed by atoms with Crippen LogP contribution in [0.3, 0.4) is 0 Å². The molecule has 0 saturated carbocycles. The number of benzene rings is 3. The van der Waals surface area contributed by atoms with Crippen molar-refractivity contribution >= 4 is 0 Å². The molecule has 0 aromatic heterocycles. The number of hydrogen-bond acceptors (Lipinski definition) is 5. The number of aliphatic hydroxyl groups is 2. The quantitative estimate of drug-likeness (QED) is 0.513. The number of nitrogens with zero attached hydrogens (tertiary/aromatic N) is 1. The number of likely N-dealkylation sites (tertiary alicyclic amines) is 1. The Balaban J connectivity index is 1.54. The molecule has 3 aromatic rings. The van der Waals surface area contributed by atoms with Gasteiger partial charge in [0.25, 0.3) is 0 Å². The molecule has 168 valence electrons. The molecule has 0 spiro atoms. The highest BCUT2D eigenvalue weighted by atomic mass is 16.5. The van der Waals surface area contributed by atoms with E-state index in [0.29, 0.717) is 26.3 Å². The predicted octanol–water partition coefficient (Wildman–Crippen LogP) is 3.39. The molecule has 1 aliphatic rings. The van der Waals surface area contributed by atoms with Crippen LogP contribution in [0.5, 0.6) is 0 Å². The minimum atomic E-state index is -0.926. The molecule has 5 nitrogen and oxygen atoms in total. The first-order valence-corrected chi connectivity index (χ1v) is 11.1. The van der Waals surface area contributed by atoms with Gasteiger partial charge in [0.2, 0.25) is 0 Å². The molecule has 1 saturated heterocycles. The van der Waals surface area contributed by atoms with E-state index >= 15 is 0 Å². The molecular formula is C27H31NO4. The minimum absolute atomic E-state index is 0.228. The Morgan fingerprint density at radius 1 is 0.750 bits per heavy atom. The molecule has 0 unspecified atom stereocenters. The van der Waals surface area contributed by atoms with Gasteiger partial charge in [-0.3, -0.25) is 4.90 Å². The third-order valence-corrected chi connectivity index (χ3v) is 5.94. The number of ether oxygens (including phenoxy) is 2. The third kappa shape index (κ3) is 5.82. The molecule has 4 rings (SSSR count). The highest BCUT2D eigenvalue weighted by Gasteiger charge is 2.46. The van der Waals surface area contributed by atoms with E-state index in [1.165, 1.54) is 0 Å². The van der Waals surface area contributed by atoms with Crippen molar-refractivity contribution in [1.29, 1.82) is 0 Å². The standard InChI is InChI=1S/C27H31NO4/c29-18-24(30)26-27(32-20-23-14-8-3-9-15-23)25(31-19-22-12-6-2-7-13-22)17-28(26)16-21-10-4-1-5-11-21/h1-15,24-27,29-30H,16-20H2/t24-,25+,26+,27-/m0/s1. The Bertz CT molecular complexity index is 922. The molecule has 1 heterocycles. The van der Waals surface area contributed by atoms with E-state index in [9.17, 15) is 10.2 Å². The average molecular weight is 434 g/mol. The van der Waals surface area contributed by atoms with E-state index in [1.54, 1.807) is 0 Å². The lowest BCUT2D eigenvalue weighted by atomic mass is 10.0. The second-order valence-corrected chi connectivity index (χ2v) is 8.25. The van der Waals surface area contributed by atoms with Gasteiger partial charge in [0.15, 0.2) is 0 Å². The van der Waals surface area contributed by atoms with E-state index in [1.807, 2.05) is 78.9 Å². The molecular weight excluding hydrogens is 402 g/mol. The molecule has 3 aromatic carbocycles. The van der Waals surface area contributed by atoms with Crippen molar-refractivity contribution in [3.05, 3.63) is 108 Å². The van der Waals surface area contributed by atoms with Crippen molar-refractivity contribution in [1.82, 2.24) is 4.90 Å². The van der Waals surface area contributed by atoms with Crippen molar-refractivity contribution in [3.8, 4) is 0 Å². The maximum atomic E-state index is 10.7. The van der Waals surface area contributed by atoms with Crippen LogP contribution >= 0.6 is 0 Å². The van der Waals surface area contributed by atoms with Gasteiger partial charge in [0.1, 0.15) is 6.10 Å². The van der Waals surface area contributed by atoms with Gasteiger partial charge in [-0.05, 0) is 16.7 Å². The minimum Gasteiger partial charge on any atom is -0.394 e. The van der Waals surface area contributed by atoms with Crippen molar-refractivity contribution in [3.63, 3.8) is 0 Å². The average Bonchev–Trinajstić information content (AvgIpc) is 3.19.